The summed E-state index contributed by atoms with van der Waals surface area (Å²) in [5, 5.41) is 20.0. The molecule has 3 rings (SSSR count). The van der Waals surface area contributed by atoms with E-state index in [1.807, 2.05) is 55.4 Å². The van der Waals surface area contributed by atoms with Crippen LogP contribution in [0.3, 0.4) is 0 Å². The quantitative estimate of drug-likeness (QED) is 0.124. The Labute approximate surface area is 321 Å². The van der Waals surface area contributed by atoms with E-state index in [-0.39, 0.29) is 5.41 Å². The molecule has 0 aromatic heterocycles. The Bertz CT molecular complexity index is 1100. The second kappa shape index (κ2) is 28.0. The Morgan fingerprint density at radius 3 is 1.81 bits per heavy atom. The Kier molecular flexibility index (Phi) is 28.9. The number of rotatable bonds is 11. The lowest BCUT2D eigenvalue weighted by atomic mass is 9.67. The first-order valence-corrected chi connectivity index (χ1v) is 20.7. The molecule has 1 amide bonds. The highest BCUT2D eigenvalue weighted by molar-refractivity contribution is 5.88. The Morgan fingerprint density at radius 2 is 1.38 bits per heavy atom. The molecule has 3 aliphatic rings. The molecule has 7 unspecified atom stereocenters. The Hall–Kier alpha value is -2.57. The predicted octanol–water partition coefficient (Wildman–Crippen LogP) is 13.7. The van der Waals surface area contributed by atoms with E-state index in [9.17, 15) is 24.4 Å². The zero-order valence-electron chi connectivity index (χ0n) is 36.6. The van der Waals surface area contributed by atoms with Gasteiger partial charge < -0.3 is 10.2 Å². The fraction of sp³-hybridized carbons (Fsp3) is 0.800. The number of hydrogen-bond acceptors (Lipinski definition) is 4. The smallest absolute Gasteiger partial charge is 0.327 e. The van der Waals surface area contributed by atoms with Crippen LogP contribution in [-0.2, 0) is 14.4 Å². The highest BCUT2D eigenvalue weighted by atomic mass is 16.4. The number of nitroso groups, excluding NO2 is 1. The van der Waals surface area contributed by atoms with E-state index in [0.29, 0.717) is 17.3 Å². The van der Waals surface area contributed by atoms with Crippen molar-refractivity contribution in [3.63, 3.8) is 0 Å². The van der Waals surface area contributed by atoms with Crippen LogP contribution >= 0.6 is 0 Å². The molecule has 0 bridgehead atoms. The first-order valence-electron chi connectivity index (χ1n) is 20.7. The van der Waals surface area contributed by atoms with E-state index in [0.717, 1.165) is 68.6 Å². The monoisotopic (exact) mass is 734 g/mol. The zero-order valence-corrected chi connectivity index (χ0v) is 36.6. The summed E-state index contributed by atoms with van der Waals surface area (Å²) >= 11 is 0. The van der Waals surface area contributed by atoms with Gasteiger partial charge in [0, 0.05) is 17.3 Å². The second-order valence-electron chi connectivity index (χ2n) is 15.9. The Morgan fingerprint density at radius 1 is 0.846 bits per heavy atom. The normalized spacial score (nSPS) is 26.5. The van der Waals surface area contributed by atoms with Crippen molar-refractivity contribution in [2.45, 2.75) is 181 Å². The number of aliphatic carboxylic acids is 2. The van der Waals surface area contributed by atoms with Crippen molar-refractivity contribution < 1.29 is 24.6 Å². The van der Waals surface area contributed by atoms with E-state index in [1.54, 1.807) is 12.2 Å². The van der Waals surface area contributed by atoms with E-state index in [2.05, 4.69) is 66.6 Å². The SMILES string of the molecule is CC.CC.CC.CC1=CCCC(C/C=C/C(=O)N=O)C1(C)C.CC1CCC(C/C=C/C(=O)O)C1(C)C.CCC(C)(CCC1CCC(C)C1C)C(=O)O. The van der Waals surface area contributed by atoms with Crippen LogP contribution in [0.4, 0.5) is 0 Å². The number of carbonyl (C=O) groups is 3. The molecule has 0 aromatic carbocycles. The minimum absolute atomic E-state index is 0.181. The zero-order chi connectivity index (χ0) is 41.3. The molecule has 0 radical (unpaired) electrons. The lowest BCUT2D eigenvalue weighted by Crippen LogP contribution is -2.27. The maximum atomic E-state index is 11.2. The molecular formula is C45H83NO6. The molecule has 7 atom stereocenters. The molecule has 2 saturated carbocycles. The van der Waals surface area contributed by atoms with Gasteiger partial charge in [0.15, 0.2) is 0 Å². The number of hydrogen-bond donors (Lipinski definition) is 2. The number of carboxylic acid groups (broad SMARTS) is 2. The maximum absolute atomic E-state index is 11.2. The molecule has 7 heteroatoms. The van der Waals surface area contributed by atoms with Gasteiger partial charge in [0.1, 0.15) is 0 Å². The average molecular weight is 734 g/mol. The third-order valence-corrected chi connectivity index (χ3v) is 12.7. The molecule has 0 aliphatic heterocycles. The Balaban J connectivity index is -0.000000645. The minimum atomic E-state index is -0.839. The molecular weight excluding hydrogens is 650 g/mol. The molecule has 0 aromatic rings. The summed E-state index contributed by atoms with van der Waals surface area (Å²) in [4.78, 5) is 42.1. The third kappa shape index (κ3) is 18.5. The van der Waals surface area contributed by atoms with Crippen LogP contribution in [0.5, 0.6) is 0 Å². The van der Waals surface area contributed by atoms with Gasteiger partial charge >= 0.3 is 17.8 Å². The second-order valence-corrected chi connectivity index (χ2v) is 15.9. The van der Waals surface area contributed by atoms with E-state index in [4.69, 9.17) is 5.11 Å². The van der Waals surface area contributed by atoms with Crippen LogP contribution in [-0.4, -0.2) is 28.1 Å². The van der Waals surface area contributed by atoms with Crippen molar-refractivity contribution in [1.29, 1.82) is 0 Å². The molecule has 3 aliphatic carbocycles. The first-order chi connectivity index (χ1) is 24.3. The topological polar surface area (TPSA) is 121 Å². The highest BCUT2D eigenvalue weighted by Gasteiger charge is 2.39. The van der Waals surface area contributed by atoms with Crippen LogP contribution in [0.25, 0.3) is 0 Å². The molecule has 0 heterocycles. The fourth-order valence-electron chi connectivity index (χ4n) is 7.39. The standard InChI is InChI=1S/C14H26O2.C13H19NO2.C12H20O2.3C2H6/c1-5-14(4,13(15)16)9-8-12-7-6-10(2)11(12)3;1-10-6-4-7-11(13(10,2)3)8-5-9-12(15)14-16;1-9-7-8-10(12(9,2)3)5-4-6-11(13)14;3*1-2/h10-12H,5-9H2,1-4H3,(H,15,16);5-6,9,11H,4,7-8H2,1-3H3;4,6,9-10H,5,7-8H2,1-3H3,(H,13,14);3*1-2H3/b;9-5+;6-4+;;;. The predicted molar refractivity (Wildman–Crippen MR) is 222 cm³/mol. The molecule has 52 heavy (non-hydrogen) atoms. The van der Waals surface area contributed by atoms with Gasteiger partial charge in [0.05, 0.1) is 5.41 Å². The summed E-state index contributed by atoms with van der Waals surface area (Å²) in [7, 11) is 0. The number of allylic oxidation sites excluding steroid dienone is 4. The van der Waals surface area contributed by atoms with Gasteiger partial charge in [-0.15, -0.1) is 4.91 Å². The molecule has 7 nitrogen and oxygen atoms in total. The van der Waals surface area contributed by atoms with Crippen LogP contribution in [0.1, 0.15) is 181 Å². The van der Waals surface area contributed by atoms with Crippen LogP contribution < -0.4 is 0 Å². The molecule has 0 spiro atoms. The van der Waals surface area contributed by atoms with Gasteiger partial charge in [-0.2, -0.15) is 0 Å². The number of nitrogens with zero attached hydrogens (tertiary/aromatic N) is 1. The average Bonchev–Trinajstić information content (AvgIpc) is 3.58. The summed E-state index contributed by atoms with van der Waals surface area (Å²) in [6, 6.07) is 0. The van der Waals surface area contributed by atoms with E-state index >= 15 is 0 Å². The van der Waals surface area contributed by atoms with Gasteiger partial charge in [-0.25, -0.2) is 4.79 Å². The van der Waals surface area contributed by atoms with Crippen LogP contribution in [0.2, 0.25) is 0 Å². The van der Waals surface area contributed by atoms with Crippen molar-refractivity contribution in [3.05, 3.63) is 40.9 Å². The van der Waals surface area contributed by atoms with Gasteiger partial charge in [-0.3, -0.25) is 9.59 Å². The summed E-state index contributed by atoms with van der Waals surface area (Å²) in [5.74, 6) is 2.12. The van der Waals surface area contributed by atoms with Crippen molar-refractivity contribution in [1.82, 2.24) is 0 Å². The molecule has 0 saturated heterocycles. The lowest BCUT2D eigenvalue weighted by molar-refractivity contribution is -0.148. The third-order valence-electron chi connectivity index (χ3n) is 12.7. The van der Waals surface area contributed by atoms with Crippen LogP contribution in [0.15, 0.2) is 41.1 Å². The highest BCUT2D eigenvalue weighted by Crippen LogP contribution is 2.48. The van der Waals surface area contributed by atoms with Crippen LogP contribution in [0, 0.1) is 56.7 Å². The number of carbonyl (C=O) groups excluding carboxylic acids is 1. The van der Waals surface area contributed by atoms with Crippen molar-refractivity contribution in [3.8, 4) is 0 Å². The largest absolute Gasteiger partial charge is 0.481 e. The van der Waals surface area contributed by atoms with E-state index < -0.39 is 23.3 Å². The summed E-state index contributed by atoms with van der Waals surface area (Å²) in [6.45, 7) is 34.0. The van der Waals surface area contributed by atoms with Gasteiger partial charge in [-0.05, 0) is 124 Å². The summed E-state index contributed by atoms with van der Waals surface area (Å²) in [5.41, 5.74) is 1.45. The van der Waals surface area contributed by atoms with Gasteiger partial charge in [0.25, 0.3) is 0 Å². The molecule has 2 fully saturated rings. The maximum Gasteiger partial charge on any atom is 0.327 e. The van der Waals surface area contributed by atoms with Crippen molar-refractivity contribution in [2.24, 2.45) is 56.9 Å². The lowest BCUT2D eigenvalue weighted by Gasteiger charge is -2.38. The number of amides is 1. The van der Waals surface area contributed by atoms with Crippen molar-refractivity contribution in [2.75, 3.05) is 0 Å². The fourth-order valence-corrected chi connectivity index (χ4v) is 7.39. The minimum Gasteiger partial charge on any atom is -0.481 e. The number of carboxylic acids is 2. The first kappa shape index (κ1) is 53.8. The summed E-state index contributed by atoms with van der Waals surface area (Å²) in [6.07, 6.45) is 20.2. The summed E-state index contributed by atoms with van der Waals surface area (Å²) < 4.78 is 0. The van der Waals surface area contributed by atoms with Gasteiger partial charge in [0.2, 0.25) is 0 Å². The van der Waals surface area contributed by atoms with E-state index in [1.165, 1.54) is 43.4 Å². The molecule has 2 N–H and O–H groups in total. The van der Waals surface area contributed by atoms with Gasteiger partial charge in [-0.1, -0.05) is 127 Å². The molecule has 304 valence electrons. The van der Waals surface area contributed by atoms with Crippen molar-refractivity contribution >= 4 is 17.8 Å².